The zero-order chi connectivity index (χ0) is 15.0. The number of hydrogen-bond acceptors (Lipinski definition) is 2. The molecule has 0 aromatic heterocycles. The van der Waals surface area contributed by atoms with Crippen LogP contribution in [0.5, 0.6) is 0 Å². The molecule has 19 heavy (non-hydrogen) atoms. The SMILES string of the molecule is C1=C2CCC(C1)C2.C=C(C)C(=O)O.C=C(C)C(=O)O. The molecule has 2 rings (SSSR count). The van der Waals surface area contributed by atoms with Crippen LogP contribution in [0.15, 0.2) is 36.0 Å². The highest BCUT2D eigenvalue weighted by molar-refractivity contribution is 5.85. The summed E-state index contributed by atoms with van der Waals surface area (Å²) in [7, 11) is 0. The molecule has 0 amide bonds. The molecule has 0 radical (unpaired) electrons. The minimum atomic E-state index is -0.935. The summed E-state index contributed by atoms with van der Waals surface area (Å²) in [5.41, 5.74) is 2.09. The summed E-state index contributed by atoms with van der Waals surface area (Å²) >= 11 is 0. The van der Waals surface area contributed by atoms with Gasteiger partial charge < -0.3 is 10.2 Å². The third kappa shape index (κ3) is 7.97. The summed E-state index contributed by atoms with van der Waals surface area (Å²) in [4.78, 5) is 19.2. The number of fused-ring (bicyclic) bond motifs is 2. The molecule has 2 aliphatic carbocycles. The molecule has 1 fully saturated rings. The molecule has 4 heteroatoms. The molecule has 2 bridgehead atoms. The number of hydrogen-bond donors (Lipinski definition) is 2. The highest BCUT2D eigenvalue weighted by Gasteiger charge is 2.22. The fourth-order valence-electron chi connectivity index (χ4n) is 1.68. The first-order chi connectivity index (χ1) is 8.73. The number of allylic oxidation sites excluding steroid dienone is 2. The molecule has 2 aliphatic rings. The first kappa shape index (κ1) is 17.2. The van der Waals surface area contributed by atoms with Gasteiger partial charge in [0.05, 0.1) is 0 Å². The molecule has 0 aromatic carbocycles. The van der Waals surface area contributed by atoms with E-state index < -0.39 is 11.9 Å². The molecule has 1 atom stereocenters. The fourth-order valence-corrected chi connectivity index (χ4v) is 1.68. The third-order valence-corrected chi connectivity index (χ3v) is 2.89. The van der Waals surface area contributed by atoms with Crippen molar-refractivity contribution < 1.29 is 19.8 Å². The lowest BCUT2D eigenvalue weighted by Gasteiger charge is -1.98. The smallest absolute Gasteiger partial charge is 0.330 e. The van der Waals surface area contributed by atoms with Crippen molar-refractivity contribution >= 4 is 11.9 Å². The van der Waals surface area contributed by atoms with Gasteiger partial charge in [-0.1, -0.05) is 24.8 Å². The summed E-state index contributed by atoms with van der Waals surface area (Å²) in [5, 5.41) is 15.8. The summed E-state index contributed by atoms with van der Waals surface area (Å²) in [6.07, 6.45) is 8.18. The molecule has 1 unspecified atom stereocenters. The van der Waals surface area contributed by atoms with E-state index in [1.807, 2.05) is 0 Å². The molecule has 2 N–H and O–H groups in total. The van der Waals surface area contributed by atoms with Crippen LogP contribution in [-0.2, 0) is 9.59 Å². The quantitative estimate of drug-likeness (QED) is 0.593. The van der Waals surface area contributed by atoms with Crippen molar-refractivity contribution in [2.45, 2.75) is 39.5 Å². The maximum Gasteiger partial charge on any atom is 0.330 e. The summed E-state index contributed by atoms with van der Waals surface area (Å²) in [5.74, 6) is -0.792. The van der Waals surface area contributed by atoms with Gasteiger partial charge in [-0.05, 0) is 45.4 Å². The van der Waals surface area contributed by atoms with Crippen LogP contribution in [0.4, 0.5) is 0 Å². The third-order valence-electron chi connectivity index (χ3n) is 2.89. The van der Waals surface area contributed by atoms with Gasteiger partial charge in [-0.2, -0.15) is 0 Å². The van der Waals surface area contributed by atoms with E-state index in [4.69, 9.17) is 10.2 Å². The molecular formula is C15H22O4. The maximum absolute atomic E-state index is 9.60. The van der Waals surface area contributed by atoms with E-state index in [1.54, 1.807) is 5.57 Å². The van der Waals surface area contributed by atoms with Crippen LogP contribution in [0.2, 0.25) is 0 Å². The van der Waals surface area contributed by atoms with Crippen LogP contribution < -0.4 is 0 Å². The minimum Gasteiger partial charge on any atom is -0.478 e. The van der Waals surface area contributed by atoms with Crippen molar-refractivity contribution in [2.24, 2.45) is 5.92 Å². The minimum absolute atomic E-state index is 0.176. The van der Waals surface area contributed by atoms with Gasteiger partial charge >= 0.3 is 11.9 Å². The molecule has 0 heterocycles. The van der Waals surface area contributed by atoms with Gasteiger partial charge in [-0.15, -0.1) is 0 Å². The zero-order valence-corrected chi connectivity index (χ0v) is 11.6. The van der Waals surface area contributed by atoms with Crippen LogP contribution in [0, 0.1) is 5.92 Å². The second-order valence-electron chi connectivity index (χ2n) is 4.88. The first-order valence-electron chi connectivity index (χ1n) is 6.19. The molecule has 4 nitrogen and oxygen atoms in total. The fraction of sp³-hybridized carbons (Fsp3) is 0.467. The van der Waals surface area contributed by atoms with E-state index in [1.165, 1.54) is 39.5 Å². The standard InChI is InChI=1S/C7H10.2C4H6O2/c1-2-7-4-3-6(1)5-7;2*1-3(2)4(5)6/h1,7H,2-5H2;2*1H2,2H3,(H,5,6). The second-order valence-corrected chi connectivity index (χ2v) is 4.88. The number of aliphatic carboxylic acids is 2. The van der Waals surface area contributed by atoms with Crippen molar-refractivity contribution in [2.75, 3.05) is 0 Å². The van der Waals surface area contributed by atoms with Gasteiger partial charge in [-0.3, -0.25) is 0 Å². The lowest BCUT2D eigenvalue weighted by Crippen LogP contribution is -1.92. The number of carboxylic acids is 2. The van der Waals surface area contributed by atoms with E-state index >= 15 is 0 Å². The highest BCUT2D eigenvalue weighted by Crippen LogP contribution is 2.38. The first-order valence-corrected chi connectivity index (χ1v) is 6.19. The Morgan fingerprint density at radius 3 is 1.63 bits per heavy atom. The highest BCUT2D eigenvalue weighted by atomic mass is 16.4. The lowest BCUT2D eigenvalue weighted by molar-refractivity contribution is -0.133. The molecule has 0 spiro atoms. The van der Waals surface area contributed by atoms with Crippen molar-refractivity contribution in [3.05, 3.63) is 36.0 Å². The van der Waals surface area contributed by atoms with E-state index in [-0.39, 0.29) is 11.1 Å². The average Bonchev–Trinajstić information content (AvgIpc) is 2.94. The van der Waals surface area contributed by atoms with Crippen molar-refractivity contribution in [3.8, 4) is 0 Å². The summed E-state index contributed by atoms with van der Waals surface area (Å²) < 4.78 is 0. The van der Waals surface area contributed by atoms with Gasteiger partial charge in [0, 0.05) is 11.1 Å². The predicted molar refractivity (Wildman–Crippen MR) is 74.9 cm³/mol. The zero-order valence-electron chi connectivity index (χ0n) is 11.6. The molecule has 0 aliphatic heterocycles. The van der Waals surface area contributed by atoms with E-state index in [0.717, 1.165) is 5.92 Å². The molecule has 0 aromatic rings. The van der Waals surface area contributed by atoms with Crippen molar-refractivity contribution in [3.63, 3.8) is 0 Å². The Balaban J connectivity index is 0.000000258. The van der Waals surface area contributed by atoms with Gasteiger partial charge in [0.1, 0.15) is 0 Å². The normalized spacial score (nSPS) is 18.2. The lowest BCUT2D eigenvalue weighted by atomic mass is 10.1. The monoisotopic (exact) mass is 266 g/mol. The Labute approximate surface area is 114 Å². The predicted octanol–water partition coefficient (Wildman–Crippen LogP) is 3.41. The molecule has 1 saturated carbocycles. The van der Waals surface area contributed by atoms with Gasteiger partial charge in [0.2, 0.25) is 0 Å². The summed E-state index contributed by atoms with van der Waals surface area (Å²) in [6.45, 7) is 9.20. The number of carbonyl (C=O) groups is 2. The van der Waals surface area contributed by atoms with Gasteiger partial charge in [-0.25, -0.2) is 9.59 Å². The van der Waals surface area contributed by atoms with Crippen molar-refractivity contribution in [1.82, 2.24) is 0 Å². The van der Waals surface area contributed by atoms with Crippen LogP contribution in [0.3, 0.4) is 0 Å². The van der Waals surface area contributed by atoms with Crippen LogP contribution in [0.25, 0.3) is 0 Å². The van der Waals surface area contributed by atoms with Crippen molar-refractivity contribution in [1.29, 1.82) is 0 Å². The average molecular weight is 266 g/mol. The van der Waals surface area contributed by atoms with E-state index in [9.17, 15) is 9.59 Å². The second kappa shape index (κ2) is 8.29. The Hall–Kier alpha value is -1.84. The van der Waals surface area contributed by atoms with Crippen LogP contribution in [0.1, 0.15) is 39.5 Å². The molecular weight excluding hydrogens is 244 g/mol. The largest absolute Gasteiger partial charge is 0.478 e. The Morgan fingerprint density at radius 2 is 1.58 bits per heavy atom. The molecule has 106 valence electrons. The Bertz CT molecular complexity index is 356. The Morgan fingerprint density at radius 1 is 1.16 bits per heavy atom. The number of carboxylic acid groups (broad SMARTS) is 2. The Kier molecular flexibility index (Phi) is 7.49. The van der Waals surface area contributed by atoms with E-state index in [0.29, 0.717) is 0 Å². The number of rotatable bonds is 2. The van der Waals surface area contributed by atoms with Crippen LogP contribution >= 0.6 is 0 Å². The maximum atomic E-state index is 9.60. The summed E-state index contributed by atoms with van der Waals surface area (Å²) in [6, 6.07) is 0. The molecule has 0 saturated heterocycles. The topological polar surface area (TPSA) is 74.6 Å². The van der Waals surface area contributed by atoms with Crippen LogP contribution in [-0.4, -0.2) is 22.2 Å². The van der Waals surface area contributed by atoms with E-state index in [2.05, 4.69) is 19.2 Å². The van der Waals surface area contributed by atoms with Gasteiger partial charge in [0.15, 0.2) is 0 Å². The van der Waals surface area contributed by atoms with Gasteiger partial charge in [0.25, 0.3) is 0 Å².